The van der Waals surface area contributed by atoms with Gasteiger partial charge in [-0.3, -0.25) is 9.59 Å². The van der Waals surface area contributed by atoms with Crippen molar-refractivity contribution in [3.8, 4) is 5.75 Å². The maximum atomic E-state index is 13.1. The fourth-order valence-electron chi connectivity index (χ4n) is 3.94. The monoisotopic (exact) mass is 436 g/mol. The molecule has 0 spiro atoms. The van der Waals surface area contributed by atoms with Crippen LogP contribution in [0.25, 0.3) is 0 Å². The first-order valence-corrected chi connectivity index (χ1v) is 11.0. The van der Waals surface area contributed by atoms with Crippen molar-refractivity contribution in [3.05, 3.63) is 76.2 Å². The summed E-state index contributed by atoms with van der Waals surface area (Å²) in [4.78, 5) is 32.2. The molecule has 160 valence electrons. The predicted molar refractivity (Wildman–Crippen MR) is 119 cm³/mol. The fraction of sp³-hybridized carbons (Fsp3) is 0.292. The molecule has 1 aromatic heterocycles. The van der Waals surface area contributed by atoms with Crippen LogP contribution in [0.2, 0.25) is 0 Å². The minimum atomic E-state index is -0.470. The summed E-state index contributed by atoms with van der Waals surface area (Å²) in [5.74, 6) is -0.0929. The molecule has 0 aliphatic carbocycles. The zero-order chi connectivity index (χ0) is 21.8. The molecular formula is C24H24N2O4S. The molecule has 4 rings (SSSR count). The van der Waals surface area contributed by atoms with E-state index < -0.39 is 12.0 Å². The largest absolute Gasteiger partial charge is 0.497 e. The summed E-state index contributed by atoms with van der Waals surface area (Å²) in [7, 11) is 1.60. The highest BCUT2D eigenvalue weighted by molar-refractivity contribution is 7.09. The third-order valence-corrected chi connectivity index (χ3v) is 6.24. The lowest BCUT2D eigenvalue weighted by atomic mass is 9.84. The Morgan fingerprint density at radius 1 is 1.16 bits per heavy atom. The summed E-state index contributed by atoms with van der Waals surface area (Å²) in [6, 6.07) is 16.5. The molecule has 0 radical (unpaired) electrons. The number of amides is 1. The fourth-order valence-corrected chi connectivity index (χ4v) is 4.54. The Morgan fingerprint density at radius 2 is 1.90 bits per heavy atom. The highest BCUT2D eigenvalue weighted by Crippen LogP contribution is 2.41. The number of esters is 1. The van der Waals surface area contributed by atoms with Crippen LogP contribution in [0.3, 0.4) is 0 Å². The van der Waals surface area contributed by atoms with Crippen LogP contribution < -0.4 is 9.64 Å². The number of carbonyl (C=O) groups excluding carboxylic acids is 2. The third-order valence-electron chi connectivity index (χ3n) is 5.42. The minimum Gasteiger partial charge on any atom is -0.497 e. The van der Waals surface area contributed by atoms with Crippen LogP contribution >= 0.6 is 11.3 Å². The number of piperidine rings is 1. The van der Waals surface area contributed by atoms with Crippen LogP contribution in [-0.4, -0.2) is 24.0 Å². The van der Waals surface area contributed by atoms with Gasteiger partial charge in [-0.1, -0.05) is 30.3 Å². The average Bonchev–Trinajstić information content (AvgIpc) is 3.23. The van der Waals surface area contributed by atoms with Crippen LogP contribution in [0.4, 0.5) is 5.69 Å². The number of anilines is 1. The molecule has 1 amide bonds. The second-order valence-corrected chi connectivity index (χ2v) is 8.49. The van der Waals surface area contributed by atoms with E-state index in [1.807, 2.05) is 66.9 Å². The first-order chi connectivity index (χ1) is 15.1. The normalized spacial score (nSPS) is 18.6. The molecule has 1 aliphatic rings. The van der Waals surface area contributed by atoms with Crippen molar-refractivity contribution >= 4 is 28.9 Å². The lowest BCUT2D eigenvalue weighted by molar-refractivity contribution is -0.152. The summed E-state index contributed by atoms with van der Waals surface area (Å²) in [6.45, 7) is 2.05. The van der Waals surface area contributed by atoms with E-state index in [4.69, 9.17) is 9.47 Å². The van der Waals surface area contributed by atoms with Crippen molar-refractivity contribution in [2.75, 3.05) is 12.0 Å². The topological polar surface area (TPSA) is 68.7 Å². The quantitative estimate of drug-likeness (QED) is 0.525. The Kier molecular flexibility index (Phi) is 6.32. The molecule has 0 N–H and O–H groups in total. The Labute approximate surface area is 185 Å². The van der Waals surface area contributed by atoms with Gasteiger partial charge in [-0.05, 0) is 43.2 Å². The summed E-state index contributed by atoms with van der Waals surface area (Å²) in [6.07, 6.45) is 0.727. The lowest BCUT2D eigenvalue weighted by Gasteiger charge is -2.40. The van der Waals surface area contributed by atoms with Gasteiger partial charge < -0.3 is 14.4 Å². The van der Waals surface area contributed by atoms with Crippen molar-refractivity contribution in [2.45, 2.75) is 32.4 Å². The molecule has 1 saturated heterocycles. The Balaban J connectivity index is 1.64. The van der Waals surface area contributed by atoms with E-state index in [-0.39, 0.29) is 24.9 Å². The van der Waals surface area contributed by atoms with Crippen LogP contribution in [0, 0.1) is 12.8 Å². The van der Waals surface area contributed by atoms with Gasteiger partial charge in [0.05, 0.1) is 29.8 Å². The maximum Gasteiger partial charge on any atom is 0.311 e. The first kappa shape index (κ1) is 21.1. The van der Waals surface area contributed by atoms with Crippen LogP contribution in [-0.2, 0) is 20.9 Å². The molecule has 0 saturated carbocycles. The van der Waals surface area contributed by atoms with Gasteiger partial charge in [0.2, 0.25) is 5.91 Å². The number of benzene rings is 2. The van der Waals surface area contributed by atoms with Crippen LogP contribution in [0.1, 0.15) is 35.1 Å². The highest BCUT2D eigenvalue weighted by Gasteiger charge is 2.42. The number of hydrogen-bond donors (Lipinski definition) is 0. The molecule has 2 atom stereocenters. The molecule has 2 aromatic carbocycles. The number of aromatic nitrogens is 1. The number of aryl methyl sites for hydroxylation is 1. The molecule has 2 heterocycles. The molecule has 1 aliphatic heterocycles. The van der Waals surface area contributed by atoms with Crippen LogP contribution in [0.5, 0.6) is 5.75 Å². The zero-order valence-corrected chi connectivity index (χ0v) is 18.3. The number of thiazole rings is 1. The van der Waals surface area contributed by atoms with Gasteiger partial charge in [0, 0.05) is 17.5 Å². The summed E-state index contributed by atoms with van der Waals surface area (Å²) in [5, 5.41) is 2.83. The molecule has 31 heavy (non-hydrogen) atoms. The average molecular weight is 437 g/mol. The smallest absolute Gasteiger partial charge is 0.311 e. The number of hydrogen-bond acceptors (Lipinski definition) is 6. The lowest BCUT2D eigenvalue weighted by Crippen LogP contribution is -2.46. The van der Waals surface area contributed by atoms with Crippen molar-refractivity contribution in [3.63, 3.8) is 0 Å². The number of ether oxygens (including phenoxy) is 2. The number of methoxy groups -OCH3 is 1. The van der Waals surface area contributed by atoms with Gasteiger partial charge in [0.25, 0.3) is 0 Å². The van der Waals surface area contributed by atoms with Gasteiger partial charge in [0.1, 0.15) is 12.4 Å². The first-order valence-electron chi connectivity index (χ1n) is 10.2. The van der Waals surface area contributed by atoms with Crippen molar-refractivity contribution in [2.24, 2.45) is 5.92 Å². The van der Waals surface area contributed by atoms with Gasteiger partial charge in [-0.15, -0.1) is 11.3 Å². The van der Waals surface area contributed by atoms with Gasteiger partial charge >= 0.3 is 5.97 Å². The molecule has 7 heteroatoms. The predicted octanol–water partition coefficient (Wildman–Crippen LogP) is 4.69. The van der Waals surface area contributed by atoms with E-state index in [0.29, 0.717) is 12.2 Å². The molecule has 1 fully saturated rings. The Bertz CT molecular complexity index is 1050. The van der Waals surface area contributed by atoms with E-state index in [9.17, 15) is 9.59 Å². The van der Waals surface area contributed by atoms with Crippen molar-refractivity contribution in [1.29, 1.82) is 0 Å². The summed E-state index contributed by atoms with van der Waals surface area (Å²) in [5.41, 5.74) is 2.37. The number of rotatable bonds is 6. The highest BCUT2D eigenvalue weighted by atomic mass is 32.1. The van der Waals surface area contributed by atoms with E-state index in [1.165, 1.54) is 11.3 Å². The van der Waals surface area contributed by atoms with E-state index in [1.54, 1.807) is 12.0 Å². The Hall–Kier alpha value is -3.19. The molecular weight excluding hydrogens is 412 g/mol. The second kappa shape index (κ2) is 9.31. The maximum absolute atomic E-state index is 13.1. The van der Waals surface area contributed by atoms with E-state index in [0.717, 1.165) is 22.0 Å². The third kappa shape index (κ3) is 4.61. The van der Waals surface area contributed by atoms with E-state index >= 15 is 0 Å². The van der Waals surface area contributed by atoms with E-state index in [2.05, 4.69) is 4.98 Å². The molecule has 6 nitrogen and oxygen atoms in total. The number of carbonyl (C=O) groups is 2. The van der Waals surface area contributed by atoms with Crippen LogP contribution in [0.15, 0.2) is 60.0 Å². The minimum absolute atomic E-state index is 0.0156. The number of nitrogens with zero attached hydrogens (tertiary/aromatic N) is 2. The molecule has 3 aromatic rings. The SMILES string of the molecule is COc1ccc(N2C(=O)CC[C@H](C(=O)OCc3csc(C)n3)[C@H]2c2ccccc2)cc1. The summed E-state index contributed by atoms with van der Waals surface area (Å²) < 4.78 is 10.9. The van der Waals surface area contributed by atoms with Gasteiger partial charge in [0.15, 0.2) is 0 Å². The van der Waals surface area contributed by atoms with Gasteiger partial charge in [-0.2, -0.15) is 0 Å². The van der Waals surface area contributed by atoms with Gasteiger partial charge in [-0.25, -0.2) is 4.98 Å². The Morgan fingerprint density at radius 3 is 2.55 bits per heavy atom. The second-order valence-electron chi connectivity index (χ2n) is 7.43. The van der Waals surface area contributed by atoms with Crippen molar-refractivity contribution < 1.29 is 19.1 Å². The summed E-state index contributed by atoms with van der Waals surface area (Å²) >= 11 is 1.52. The standard InChI is InChI=1S/C24H24N2O4S/c1-16-25-18(15-31-16)14-30-24(28)21-12-13-22(27)26(19-8-10-20(29-2)11-9-19)23(21)17-6-4-3-5-7-17/h3-11,15,21,23H,12-14H2,1-2H3/t21-,23+/m0/s1. The molecule has 0 bridgehead atoms. The van der Waals surface area contributed by atoms with Crippen molar-refractivity contribution in [1.82, 2.24) is 4.98 Å². The zero-order valence-electron chi connectivity index (χ0n) is 17.5. The molecule has 0 unspecified atom stereocenters.